The summed E-state index contributed by atoms with van der Waals surface area (Å²) in [7, 11) is 0. The van der Waals surface area contributed by atoms with Gasteiger partial charge in [0.2, 0.25) is 5.82 Å². The normalized spacial score (nSPS) is 14.8. The number of aliphatic hydroxyl groups is 6. The predicted octanol–water partition coefficient (Wildman–Crippen LogP) is 7.52. The van der Waals surface area contributed by atoms with Gasteiger partial charge < -0.3 is 57.1 Å². The van der Waals surface area contributed by atoms with Gasteiger partial charge in [0.15, 0.2) is 0 Å². The van der Waals surface area contributed by atoms with E-state index in [1.54, 1.807) is 4.90 Å². The van der Waals surface area contributed by atoms with E-state index >= 15 is 0 Å². The van der Waals surface area contributed by atoms with Crippen LogP contribution in [0.4, 0.5) is 67.0 Å². The molecule has 4 atom stereocenters. The number of benzene rings is 4. The molecule has 0 spiro atoms. The van der Waals surface area contributed by atoms with Crippen molar-refractivity contribution < 1.29 is 79.2 Å². The number of aldehydes is 1. The lowest BCUT2D eigenvalue weighted by atomic mass is 9.94. The number of carbonyl (C=O) groups excluding carboxylic acids is 1. The first kappa shape index (κ1) is 79.8. The number of unbranched alkanes of at least 4 members (excludes halogenated alkanes) is 12. The number of likely N-dealkylation sites (tertiary alicyclic amines) is 1. The molecule has 0 unspecified atom stereocenters. The Hall–Kier alpha value is -9.24. The van der Waals surface area contributed by atoms with Crippen LogP contribution in [-0.4, -0.2) is 165 Å². The topological polar surface area (TPSA) is 549 Å². The molecule has 4 aromatic carbocycles. The first-order chi connectivity index (χ1) is 43.3. The number of hydrogen-bond acceptors (Lipinski definition) is 28. The monoisotopic (exact) mass is 1300 g/mol. The van der Waals surface area contributed by atoms with Gasteiger partial charge in [-0.15, -0.1) is 0 Å². The number of aliphatic hydroxyl groups excluding tert-OH is 6. The van der Waals surface area contributed by atoms with Crippen LogP contribution in [0.15, 0.2) is 72.8 Å². The zero-order valence-corrected chi connectivity index (χ0v) is 49.6. The average Bonchev–Trinajstić information content (AvgIpc) is 3.74. The smallest absolute Gasteiger partial charge is 0.311 e. The van der Waals surface area contributed by atoms with Crippen molar-refractivity contribution in [3.8, 4) is 0 Å². The second-order valence-corrected chi connectivity index (χ2v) is 19.9. The van der Waals surface area contributed by atoms with Crippen molar-refractivity contribution in [1.29, 1.82) is 0 Å². The lowest BCUT2D eigenvalue weighted by molar-refractivity contribution is -0.395. The second kappa shape index (κ2) is 45.1. The molecule has 91 heavy (non-hydrogen) atoms. The van der Waals surface area contributed by atoms with E-state index in [0.717, 1.165) is 133 Å². The van der Waals surface area contributed by atoms with Crippen LogP contribution in [0.1, 0.15) is 103 Å². The standard InChI is InChI=1S/C18H28N4O8.C12H17N3O5.C12H15N3O5.C6H3FN2O4.C6H15NO/c23-11-15-17(25)18(26)16(24)10-20(15)8-4-2-1-3-7-19-13-6-5-12(21(27)28)9-14(13)22(29)30;2*16-8-4-2-1-3-7-13-11-6-5-10(14(17)18)9-12(11)15(19)20;7-5-2-1-4(8(10)11)3-6(5)9(12)13;7-5-3-1-2-4-6-8/h5-6,9,15-19,23-26H,1-4,7-8,10-11H2;5-6,9,13,16H,1-4,7-8H2;5-6,8-9,13H,1-4,7H2;1-3H;8H,1-7H2/t15-,16+,17-,18-;;;;/m1..../s1. The van der Waals surface area contributed by atoms with Crippen LogP contribution < -0.4 is 21.7 Å². The highest BCUT2D eigenvalue weighted by Crippen LogP contribution is 2.32. The van der Waals surface area contributed by atoms with Crippen LogP contribution >= 0.6 is 0 Å². The number of hydrogen-bond donors (Lipinski definition) is 10. The van der Waals surface area contributed by atoms with E-state index in [0.29, 0.717) is 51.3 Å². The van der Waals surface area contributed by atoms with Gasteiger partial charge in [-0.2, -0.15) is 4.39 Å². The van der Waals surface area contributed by atoms with Gasteiger partial charge in [0, 0.05) is 70.1 Å². The van der Waals surface area contributed by atoms with Crippen LogP contribution in [-0.2, 0) is 4.79 Å². The molecule has 0 radical (unpaired) electrons. The largest absolute Gasteiger partial charge is 0.396 e. The number of piperidine rings is 1. The third kappa shape index (κ3) is 30.7. The molecule has 4 aromatic rings. The number of carbonyl (C=O) groups is 1. The number of halogens is 1. The van der Waals surface area contributed by atoms with Crippen molar-refractivity contribution in [2.24, 2.45) is 5.73 Å². The van der Waals surface area contributed by atoms with E-state index in [1.807, 2.05) is 0 Å². The number of nitro groups is 8. The summed E-state index contributed by atoms with van der Waals surface area (Å²) >= 11 is 0. The summed E-state index contributed by atoms with van der Waals surface area (Å²) in [6.07, 6.45) is 11.0. The van der Waals surface area contributed by atoms with E-state index in [4.69, 9.17) is 15.9 Å². The van der Waals surface area contributed by atoms with Gasteiger partial charge in [0.1, 0.15) is 35.6 Å². The fraction of sp³-hybridized carbons (Fsp3) is 0.537. The summed E-state index contributed by atoms with van der Waals surface area (Å²) in [6, 6.07) is 12.0. The number of non-ortho nitro benzene ring substituents is 4. The maximum Gasteiger partial charge on any atom is 0.311 e. The highest BCUT2D eigenvalue weighted by molar-refractivity contribution is 5.67. The molecule has 37 heteroatoms. The minimum Gasteiger partial charge on any atom is -0.396 e. The zero-order valence-electron chi connectivity index (χ0n) is 49.6. The fourth-order valence-electron chi connectivity index (χ4n) is 8.38. The number of rotatable bonds is 36. The molecule has 504 valence electrons. The molecule has 0 bridgehead atoms. The van der Waals surface area contributed by atoms with Crippen LogP contribution in [0.25, 0.3) is 0 Å². The van der Waals surface area contributed by atoms with E-state index in [1.165, 1.54) is 36.4 Å². The molecule has 36 nitrogen and oxygen atoms in total. The maximum atomic E-state index is 12.6. The summed E-state index contributed by atoms with van der Waals surface area (Å²) in [5.41, 5.74) is 2.71. The molecule has 0 saturated carbocycles. The Morgan fingerprint density at radius 3 is 1.14 bits per heavy atom. The molecule has 5 rings (SSSR count). The Morgan fingerprint density at radius 1 is 0.462 bits per heavy atom. The zero-order chi connectivity index (χ0) is 68.4. The Morgan fingerprint density at radius 2 is 0.802 bits per heavy atom. The predicted molar refractivity (Wildman–Crippen MR) is 328 cm³/mol. The summed E-state index contributed by atoms with van der Waals surface area (Å²) in [5.74, 6) is -1.09. The number of nitrogens with zero attached hydrogens (tertiary/aromatic N) is 9. The van der Waals surface area contributed by atoms with Crippen LogP contribution in [0, 0.1) is 86.7 Å². The van der Waals surface area contributed by atoms with E-state index in [9.17, 15) is 111 Å². The Labute approximate surface area is 519 Å². The van der Waals surface area contributed by atoms with Crippen molar-refractivity contribution in [2.45, 2.75) is 127 Å². The number of anilines is 3. The van der Waals surface area contributed by atoms with Gasteiger partial charge in [0.05, 0.1) is 82.4 Å². The molecule has 0 amide bonds. The fourth-order valence-corrected chi connectivity index (χ4v) is 8.38. The summed E-state index contributed by atoms with van der Waals surface area (Å²) in [5, 5.41) is 150. The van der Waals surface area contributed by atoms with E-state index in [-0.39, 0.29) is 70.9 Å². The van der Waals surface area contributed by atoms with E-state index < -0.39 is 80.9 Å². The minimum atomic E-state index is -1.27. The molecular weight excluding hydrogens is 1220 g/mol. The minimum absolute atomic E-state index is 0.168. The highest BCUT2D eigenvalue weighted by Gasteiger charge is 2.40. The average molecular weight is 1300 g/mol. The second-order valence-electron chi connectivity index (χ2n) is 19.9. The maximum absolute atomic E-state index is 12.6. The van der Waals surface area contributed by atoms with Gasteiger partial charge in [0.25, 0.3) is 39.8 Å². The summed E-state index contributed by atoms with van der Waals surface area (Å²) < 4.78 is 12.6. The van der Waals surface area contributed by atoms with Gasteiger partial charge in [-0.25, -0.2) is 0 Å². The van der Waals surface area contributed by atoms with Crippen molar-refractivity contribution in [3.63, 3.8) is 0 Å². The number of nitrogens with two attached hydrogens (primary N) is 1. The van der Waals surface area contributed by atoms with Crippen LogP contribution in [0.3, 0.4) is 0 Å². The SMILES string of the molecule is NCCCCCCO.O=CCCCCCNc1ccc([N+](=O)[O-])cc1[N+](=O)[O-].O=[N+]([O-])c1ccc(F)c([N+](=O)[O-])c1.O=[N+]([O-])c1ccc(NCCCCCCN2C[C@H](O)[C@@H](O)[C@H](O)[C@H]2CO)c([N+](=O)[O-])c1.O=[N+]([O-])c1ccc(NCCCCCCO)c([N+](=O)[O-])c1. The summed E-state index contributed by atoms with van der Waals surface area (Å²) in [4.78, 5) is 91.2. The van der Waals surface area contributed by atoms with Crippen molar-refractivity contribution in [1.82, 2.24) is 4.90 Å². The number of β-amino-alcohol motifs (C(OH)–C–C–N with tert-alkyl or cyclic N) is 1. The third-order valence-corrected chi connectivity index (χ3v) is 13.2. The Bertz CT molecular complexity index is 2950. The van der Waals surface area contributed by atoms with Gasteiger partial charge in [-0.05, 0) is 88.7 Å². The molecule has 1 heterocycles. The molecular formula is C54H78FN13O23. The molecule has 0 aromatic heterocycles. The molecule has 1 fully saturated rings. The van der Waals surface area contributed by atoms with E-state index in [2.05, 4.69) is 16.0 Å². The highest BCUT2D eigenvalue weighted by atomic mass is 19.1. The number of nitrogens with one attached hydrogen (secondary N) is 3. The molecule has 0 aliphatic carbocycles. The van der Waals surface area contributed by atoms with Gasteiger partial charge in [-0.3, -0.25) is 85.8 Å². The van der Waals surface area contributed by atoms with Crippen molar-refractivity contribution >= 4 is 68.8 Å². The quantitative estimate of drug-likeness (QED) is 0.00910. The molecule has 1 saturated heterocycles. The van der Waals surface area contributed by atoms with Crippen molar-refractivity contribution in [3.05, 3.63) is 160 Å². The number of nitro benzene ring substituents is 8. The lowest BCUT2D eigenvalue weighted by Gasteiger charge is -2.43. The molecule has 1 aliphatic heterocycles. The molecule has 1 aliphatic rings. The summed E-state index contributed by atoms with van der Waals surface area (Å²) in [6.45, 7) is 3.20. The Kier molecular flexibility index (Phi) is 39.5. The Balaban J connectivity index is 0.000000602. The lowest BCUT2D eigenvalue weighted by Crippen LogP contribution is -2.62. The van der Waals surface area contributed by atoms with Gasteiger partial charge in [-0.1, -0.05) is 44.9 Å². The van der Waals surface area contributed by atoms with Crippen LogP contribution in [0.5, 0.6) is 0 Å². The molecule has 11 N–H and O–H groups in total. The van der Waals surface area contributed by atoms with Crippen molar-refractivity contribution in [2.75, 3.05) is 75.0 Å². The van der Waals surface area contributed by atoms with Gasteiger partial charge >= 0.3 is 5.69 Å². The first-order valence-corrected chi connectivity index (χ1v) is 28.6. The van der Waals surface area contributed by atoms with Crippen LogP contribution in [0.2, 0.25) is 0 Å². The first-order valence-electron chi connectivity index (χ1n) is 28.6. The third-order valence-electron chi connectivity index (χ3n) is 13.2.